The third-order valence-corrected chi connectivity index (χ3v) is 3.83. The van der Waals surface area contributed by atoms with Gasteiger partial charge >= 0.3 is 5.97 Å². The maximum Gasteiger partial charge on any atom is 0.330 e. The van der Waals surface area contributed by atoms with Gasteiger partial charge in [-0.05, 0) is 23.8 Å². The summed E-state index contributed by atoms with van der Waals surface area (Å²) in [5.41, 5.74) is 1.92. The second-order valence-electron chi connectivity index (χ2n) is 5.32. The first-order chi connectivity index (χ1) is 11.1. The van der Waals surface area contributed by atoms with Crippen molar-refractivity contribution in [1.82, 2.24) is 9.88 Å². The van der Waals surface area contributed by atoms with Crippen molar-refractivity contribution in [3.05, 3.63) is 71.9 Å². The van der Waals surface area contributed by atoms with Crippen molar-refractivity contribution in [2.45, 2.75) is 6.04 Å². The molecule has 116 valence electrons. The van der Waals surface area contributed by atoms with Gasteiger partial charge in [0, 0.05) is 29.7 Å². The molecule has 23 heavy (non-hydrogen) atoms. The highest BCUT2D eigenvalue weighted by Gasteiger charge is 2.23. The van der Waals surface area contributed by atoms with E-state index >= 15 is 0 Å². The van der Waals surface area contributed by atoms with Crippen molar-refractivity contribution >= 4 is 22.8 Å². The van der Waals surface area contributed by atoms with Crippen LogP contribution in [0.4, 0.5) is 0 Å². The number of aryl methyl sites for hydroxylation is 1. The number of hydrogen-bond donors (Lipinski definition) is 2. The van der Waals surface area contributed by atoms with Crippen LogP contribution in [0, 0.1) is 0 Å². The van der Waals surface area contributed by atoms with Gasteiger partial charge in [-0.3, -0.25) is 4.79 Å². The average Bonchev–Trinajstić information content (AvgIpc) is 2.94. The van der Waals surface area contributed by atoms with Gasteiger partial charge in [0.15, 0.2) is 6.04 Å². The third kappa shape index (κ3) is 2.81. The number of aromatic nitrogens is 1. The second kappa shape index (κ2) is 5.96. The monoisotopic (exact) mass is 308 g/mol. The fraction of sp³-hybridized carbons (Fsp3) is 0.111. The molecule has 5 heteroatoms. The number of carbonyl (C=O) groups is 2. The van der Waals surface area contributed by atoms with Crippen LogP contribution in [0.25, 0.3) is 10.9 Å². The predicted octanol–water partition coefficient (Wildman–Crippen LogP) is 2.73. The third-order valence-electron chi connectivity index (χ3n) is 3.83. The molecule has 0 spiro atoms. The van der Waals surface area contributed by atoms with E-state index in [0.717, 1.165) is 10.9 Å². The Hall–Kier alpha value is -3.08. The lowest BCUT2D eigenvalue weighted by atomic mass is 10.1. The van der Waals surface area contributed by atoms with Crippen molar-refractivity contribution < 1.29 is 14.7 Å². The Labute approximate surface area is 133 Å². The van der Waals surface area contributed by atoms with Gasteiger partial charge in [0.2, 0.25) is 0 Å². The van der Waals surface area contributed by atoms with E-state index in [9.17, 15) is 14.7 Å². The van der Waals surface area contributed by atoms with Crippen LogP contribution in [0.3, 0.4) is 0 Å². The lowest BCUT2D eigenvalue weighted by Crippen LogP contribution is -2.33. The zero-order valence-corrected chi connectivity index (χ0v) is 12.6. The molecule has 5 nitrogen and oxygen atoms in total. The van der Waals surface area contributed by atoms with Gasteiger partial charge in [0.1, 0.15) is 0 Å². The Balaban J connectivity index is 1.94. The van der Waals surface area contributed by atoms with Gasteiger partial charge in [0.05, 0.1) is 0 Å². The van der Waals surface area contributed by atoms with Gasteiger partial charge in [0.25, 0.3) is 5.91 Å². The highest BCUT2D eigenvalue weighted by Crippen LogP contribution is 2.21. The quantitative estimate of drug-likeness (QED) is 0.778. The molecule has 0 saturated carbocycles. The normalized spacial score (nSPS) is 12.0. The van der Waals surface area contributed by atoms with Gasteiger partial charge < -0.3 is 15.0 Å². The molecule has 0 saturated heterocycles. The van der Waals surface area contributed by atoms with Crippen LogP contribution in [-0.4, -0.2) is 21.6 Å². The largest absolute Gasteiger partial charge is 0.479 e. The number of amides is 1. The minimum Gasteiger partial charge on any atom is -0.479 e. The van der Waals surface area contributed by atoms with Crippen LogP contribution in [0.5, 0.6) is 0 Å². The van der Waals surface area contributed by atoms with Crippen LogP contribution >= 0.6 is 0 Å². The summed E-state index contributed by atoms with van der Waals surface area (Å²) in [6.07, 6.45) is 1.87. The molecule has 0 aliphatic heterocycles. The smallest absolute Gasteiger partial charge is 0.330 e. The maximum atomic E-state index is 12.6. The molecule has 0 radical (unpaired) electrons. The number of hydrogen-bond acceptors (Lipinski definition) is 2. The standard InChI is InChI=1S/C18H16N2O3/c1-20-11-10-13-14(8-5-9-15(13)20)17(21)19-16(18(22)23)12-6-3-2-4-7-12/h2-11,16H,1H3,(H,19,21)(H,22,23)/t16-/m1/s1. The first-order valence-electron chi connectivity index (χ1n) is 7.20. The molecule has 1 atom stereocenters. The van der Waals surface area contributed by atoms with Crippen LogP contribution in [-0.2, 0) is 11.8 Å². The molecule has 0 fully saturated rings. The Bertz CT molecular complexity index is 868. The van der Waals surface area contributed by atoms with E-state index in [0.29, 0.717) is 11.1 Å². The van der Waals surface area contributed by atoms with Crippen LogP contribution in [0.15, 0.2) is 60.8 Å². The topological polar surface area (TPSA) is 71.3 Å². The minimum absolute atomic E-state index is 0.405. The fourth-order valence-electron chi connectivity index (χ4n) is 2.64. The van der Waals surface area contributed by atoms with Gasteiger partial charge in [-0.25, -0.2) is 4.79 Å². The lowest BCUT2D eigenvalue weighted by molar-refractivity contribution is -0.139. The van der Waals surface area contributed by atoms with Crippen LogP contribution < -0.4 is 5.32 Å². The molecular weight excluding hydrogens is 292 g/mol. The van der Waals surface area contributed by atoms with E-state index in [1.54, 1.807) is 42.5 Å². The number of aliphatic carboxylic acids is 1. The Kier molecular flexibility index (Phi) is 3.85. The van der Waals surface area contributed by atoms with Crippen molar-refractivity contribution in [2.24, 2.45) is 7.05 Å². The highest BCUT2D eigenvalue weighted by atomic mass is 16.4. The number of nitrogens with one attached hydrogen (secondary N) is 1. The maximum absolute atomic E-state index is 12.6. The van der Waals surface area contributed by atoms with E-state index in [4.69, 9.17) is 0 Å². The molecule has 1 aromatic heterocycles. The molecule has 2 aromatic carbocycles. The van der Waals surface area contributed by atoms with E-state index < -0.39 is 17.9 Å². The zero-order chi connectivity index (χ0) is 16.4. The number of rotatable bonds is 4. The molecule has 0 aliphatic rings. The Morgan fingerprint density at radius 1 is 1.04 bits per heavy atom. The van der Waals surface area contributed by atoms with Crippen molar-refractivity contribution in [3.8, 4) is 0 Å². The van der Waals surface area contributed by atoms with Crippen LogP contribution in [0.2, 0.25) is 0 Å². The molecule has 3 aromatic rings. The molecule has 3 rings (SSSR count). The summed E-state index contributed by atoms with van der Waals surface area (Å²) in [4.78, 5) is 24.1. The second-order valence-corrected chi connectivity index (χ2v) is 5.32. The number of carboxylic acids is 1. The van der Waals surface area contributed by atoms with Gasteiger partial charge in [-0.1, -0.05) is 36.4 Å². The molecule has 2 N–H and O–H groups in total. The van der Waals surface area contributed by atoms with E-state index in [1.165, 1.54) is 0 Å². The average molecular weight is 308 g/mol. The summed E-state index contributed by atoms with van der Waals surface area (Å²) in [5.74, 6) is -1.50. The number of carboxylic acid groups (broad SMARTS) is 1. The molecule has 0 bridgehead atoms. The number of benzene rings is 2. The number of nitrogens with zero attached hydrogens (tertiary/aromatic N) is 1. The van der Waals surface area contributed by atoms with E-state index in [1.807, 2.05) is 29.9 Å². The van der Waals surface area contributed by atoms with Crippen molar-refractivity contribution in [3.63, 3.8) is 0 Å². The summed E-state index contributed by atoms with van der Waals surface area (Å²) in [6.45, 7) is 0. The summed E-state index contributed by atoms with van der Waals surface area (Å²) < 4.78 is 1.91. The fourth-order valence-corrected chi connectivity index (χ4v) is 2.64. The lowest BCUT2D eigenvalue weighted by Gasteiger charge is -2.15. The Morgan fingerprint density at radius 2 is 1.78 bits per heavy atom. The van der Waals surface area contributed by atoms with E-state index in [2.05, 4.69) is 5.32 Å². The molecule has 1 amide bonds. The van der Waals surface area contributed by atoms with Gasteiger partial charge in [-0.2, -0.15) is 0 Å². The number of carbonyl (C=O) groups excluding carboxylic acids is 1. The Morgan fingerprint density at radius 3 is 2.48 bits per heavy atom. The first kappa shape index (κ1) is 14.8. The predicted molar refractivity (Wildman–Crippen MR) is 87.2 cm³/mol. The highest BCUT2D eigenvalue weighted by molar-refractivity contribution is 6.07. The van der Waals surface area contributed by atoms with Gasteiger partial charge in [-0.15, -0.1) is 0 Å². The molecular formula is C18H16N2O3. The molecule has 0 unspecified atom stereocenters. The molecule has 1 heterocycles. The summed E-state index contributed by atoms with van der Waals surface area (Å²) in [6, 6.07) is 14.8. The number of fused-ring (bicyclic) bond motifs is 1. The SMILES string of the molecule is Cn1ccc2c(C(=O)N[C@@H](C(=O)O)c3ccccc3)cccc21. The van der Waals surface area contributed by atoms with Crippen molar-refractivity contribution in [1.29, 1.82) is 0 Å². The van der Waals surface area contributed by atoms with E-state index in [-0.39, 0.29) is 0 Å². The summed E-state index contributed by atoms with van der Waals surface area (Å²) >= 11 is 0. The summed E-state index contributed by atoms with van der Waals surface area (Å²) in [5, 5.41) is 12.8. The zero-order valence-electron chi connectivity index (χ0n) is 12.6. The summed E-state index contributed by atoms with van der Waals surface area (Å²) in [7, 11) is 1.90. The van der Waals surface area contributed by atoms with Crippen LogP contribution in [0.1, 0.15) is 22.0 Å². The molecule has 0 aliphatic carbocycles. The van der Waals surface area contributed by atoms with Crippen molar-refractivity contribution in [2.75, 3.05) is 0 Å². The minimum atomic E-state index is -1.09. The first-order valence-corrected chi connectivity index (χ1v) is 7.20.